The van der Waals surface area contributed by atoms with Crippen LogP contribution < -0.4 is 5.32 Å². The van der Waals surface area contributed by atoms with Crippen LogP contribution in [0.3, 0.4) is 0 Å². The van der Waals surface area contributed by atoms with Gasteiger partial charge in [-0.05, 0) is 18.5 Å². The van der Waals surface area contributed by atoms with Gasteiger partial charge in [-0.2, -0.15) is 0 Å². The van der Waals surface area contributed by atoms with E-state index in [1.807, 2.05) is 12.3 Å². The molecule has 2 aromatic rings. The average molecular weight is 227 g/mol. The number of aromatic nitrogens is 3. The van der Waals surface area contributed by atoms with Crippen molar-refractivity contribution in [3.8, 4) is 0 Å². The van der Waals surface area contributed by atoms with Gasteiger partial charge in [-0.25, -0.2) is 15.0 Å². The second kappa shape index (κ2) is 3.89. The van der Waals surface area contributed by atoms with Gasteiger partial charge >= 0.3 is 0 Å². The largest absolute Gasteiger partial charge is 0.316 e. The predicted octanol–water partition coefficient (Wildman–Crippen LogP) is 2.64. The van der Waals surface area contributed by atoms with E-state index in [0.717, 1.165) is 10.7 Å². The fraction of sp³-hybridized carbons (Fsp3) is 0.125. The molecule has 0 aliphatic carbocycles. The molecule has 0 spiro atoms. The van der Waals surface area contributed by atoms with Crippen LogP contribution in [0.2, 0.25) is 5.28 Å². The highest BCUT2D eigenvalue weighted by atomic mass is 35.5. The first-order chi connectivity index (χ1) is 6.75. The van der Waals surface area contributed by atoms with Crippen LogP contribution >= 0.6 is 22.9 Å². The van der Waals surface area contributed by atoms with Crippen molar-refractivity contribution in [3.63, 3.8) is 0 Å². The summed E-state index contributed by atoms with van der Waals surface area (Å²) in [5.74, 6) is 0.694. The molecule has 4 nitrogen and oxygen atoms in total. The summed E-state index contributed by atoms with van der Waals surface area (Å²) in [6.07, 6.45) is 3.40. The molecule has 2 aromatic heterocycles. The highest BCUT2D eigenvalue weighted by Crippen LogP contribution is 2.20. The Morgan fingerprint density at radius 1 is 1.43 bits per heavy atom. The Morgan fingerprint density at radius 2 is 2.29 bits per heavy atom. The maximum absolute atomic E-state index is 5.68. The lowest BCUT2D eigenvalue weighted by molar-refractivity contribution is 1.13. The first kappa shape index (κ1) is 9.36. The normalized spacial score (nSPS) is 10.1. The molecular formula is C8H7ClN4S. The Morgan fingerprint density at radius 3 is 3.00 bits per heavy atom. The molecule has 0 saturated carbocycles. The van der Waals surface area contributed by atoms with Gasteiger partial charge in [0.05, 0.1) is 0 Å². The first-order valence-electron chi connectivity index (χ1n) is 3.91. The van der Waals surface area contributed by atoms with Crippen LogP contribution in [-0.4, -0.2) is 15.0 Å². The Labute approximate surface area is 90.0 Å². The molecule has 0 aliphatic heterocycles. The van der Waals surface area contributed by atoms with E-state index in [9.17, 15) is 0 Å². The van der Waals surface area contributed by atoms with E-state index in [0.29, 0.717) is 5.82 Å². The summed E-state index contributed by atoms with van der Waals surface area (Å²) in [7, 11) is 0. The topological polar surface area (TPSA) is 50.7 Å². The third-order valence-corrected chi connectivity index (χ3v) is 2.47. The number of rotatable bonds is 2. The van der Waals surface area contributed by atoms with Gasteiger partial charge < -0.3 is 5.32 Å². The number of nitrogens with zero attached hydrogens (tertiary/aromatic N) is 3. The van der Waals surface area contributed by atoms with E-state index < -0.39 is 0 Å². The average Bonchev–Trinajstić information content (AvgIpc) is 2.64. The molecule has 0 fully saturated rings. The minimum absolute atomic E-state index is 0.231. The molecule has 0 radical (unpaired) electrons. The van der Waals surface area contributed by atoms with Gasteiger partial charge in [0.1, 0.15) is 5.82 Å². The van der Waals surface area contributed by atoms with E-state index >= 15 is 0 Å². The van der Waals surface area contributed by atoms with Crippen LogP contribution in [0.5, 0.6) is 0 Å². The van der Waals surface area contributed by atoms with E-state index in [1.165, 1.54) is 11.3 Å². The van der Waals surface area contributed by atoms with Gasteiger partial charge in [0.2, 0.25) is 5.28 Å². The second-order valence-corrected chi connectivity index (χ2v) is 3.87. The molecule has 1 N–H and O–H groups in total. The maximum Gasteiger partial charge on any atom is 0.224 e. The lowest BCUT2D eigenvalue weighted by Crippen LogP contribution is -1.97. The van der Waals surface area contributed by atoms with Crippen molar-refractivity contribution >= 4 is 33.9 Å². The molecular weight excluding hydrogens is 220 g/mol. The van der Waals surface area contributed by atoms with E-state index in [1.54, 1.807) is 12.4 Å². The number of thiazole rings is 1. The number of aryl methyl sites for hydroxylation is 1. The summed E-state index contributed by atoms with van der Waals surface area (Å²) in [5.41, 5.74) is 0.935. The zero-order chi connectivity index (χ0) is 9.97. The molecule has 0 amide bonds. The number of halogens is 1. The van der Waals surface area contributed by atoms with Crippen molar-refractivity contribution in [2.45, 2.75) is 6.92 Å². The number of nitrogens with one attached hydrogen (secondary N) is 1. The molecule has 0 aliphatic rings. The van der Waals surface area contributed by atoms with Crippen LogP contribution in [0.15, 0.2) is 17.8 Å². The van der Waals surface area contributed by atoms with Gasteiger partial charge in [0.25, 0.3) is 0 Å². The van der Waals surface area contributed by atoms with Crippen LogP contribution in [0.25, 0.3) is 0 Å². The maximum atomic E-state index is 5.68. The molecule has 2 rings (SSSR count). The fourth-order valence-corrected chi connectivity index (χ4v) is 1.59. The zero-order valence-corrected chi connectivity index (χ0v) is 8.93. The van der Waals surface area contributed by atoms with Gasteiger partial charge in [0.15, 0.2) is 5.13 Å². The van der Waals surface area contributed by atoms with Gasteiger partial charge in [-0.3, -0.25) is 0 Å². The van der Waals surface area contributed by atoms with Crippen molar-refractivity contribution in [1.29, 1.82) is 0 Å². The summed E-state index contributed by atoms with van der Waals surface area (Å²) >= 11 is 7.18. The second-order valence-electron chi connectivity index (χ2n) is 2.63. The minimum atomic E-state index is 0.231. The molecule has 6 heteroatoms. The van der Waals surface area contributed by atoms with Crippen molar-refractivity contribution in [3.05, 3.63) is 28.6 Å². The molecule has 72 valence electrons. The number of hydrogen-bond acceptors (Lipinski definition) is 5. The summed E-state index contributed by atoms with van der Waals surface area (Å²) in [6, 6.07) is 0. The quantitative estimate of drug-likeness (QED) is 0.800. The van der Waals surface area contributed by atoms with Crippen molar-refractivity contribution in [1.82, 2.24) is 15.0 Å². The van der Waals surface area contributed by atoms with E-state index in [2.05, 4.69) is 20.3 Å². The highest BCUT2D eigenvalue weighted by molar-refractivity contribution is 7.13. The SMILES string of the molecule is Cc1cnc(Cl)nc1Nc1nccs1. The molecule has 0 atom stereocenters. The fourth-order valence-electron chi connectivity index (χ4n) is 0.934. The highest BCUT2D eigenvalue weighted by Gasteiger charge is 2.03. The van der Waals surface area contributed by atoms with Crippen LogP contribution in [0.1, 0.15) is 5.56 Å². The third-order valence-electron chi connectivity index (χ3n) is 1.60. The summed E-state index contributed by atoms with van der Waals surface area (Å²) in [5, 5.41) is 5.98. The van der Waals surface area contributed by atoms with Gasteiger partial charge in [-0.1, -0.05) is 0 Å². The summed E-state index contributed by atoms with van der Waals surface area (Å²) < 4.78 is 0. The van der Waals surface area contributed by atoms with Crippen LogP contribution in [-0.2, 0) is 0 Å². The summed E-state index contributed by atoms with van der Waals surface area (Å²) in [4.78, 5) is 12.0. The molecule has 14 heavy (non-hydrogen) atoms. The lowest BCUT2D eigenvalue weighted by atomic mass is 10.3. The number of hydrogen-bond donors (Lipinski definition) is 1. The van der Waals surface area contributed by atoms with Crippen molar-refractivity contribution in [2.24, 2.45) is 0 Å². The Bertz CT molecular complexity index is 429. The van der Waals surface area contributed by atoms with Gasteiger partial charge in [0, 0.05) is 23.3 Å². The zero-order valence-electron chi connectivity index (χ0n) is 7.36. The standard InChI is InChI=1S/C8H7ClN4S/c1-5-4-11-7(9)12-6(5)13-8-10-2-3-14-8/h2-4H,1H3,(H,10,11,12,13). The van der Waals surface area contributed by atoms with Crippen LogP contribution in [0, 0.1) is 6.92 Å². The Kier molecular flexibility index (Phi) is 2.60. The Hall–Kier alpha value is -1.20. The van der Waals surface area contributed by atoms with E-state index in [-0.39, 0.29) is 5.28 Å². The number of anilines is 2. The van der Waals surface area contributed by atoms with Gasteiger partial charge in [-0.15, -0.1) is 11.3 Å². The predicted molar refractivity (Wildman–Crippen MR) is 57.2 cm³/mol. The Balaban J connectivity index is 2.28. The molecule has 2 heterocycles. The first-order valence-corrected chi connectivity index (χ1v) is 5.17. The molecule has 0 unspecified atom stereocenters. The third kappa shape index (κ3) is 2.00. The minimum Gasteiger partial charge on any atom is -0.316 e. The smallest absolute Gasteiger partial charge is 0.224 e. The monoisotopic (exact) mass is 226 g/mol. The molecule has 0 aromatic carbocycles. The summed E-state index contributed by atoms with van der Waals surface area (Å²) in [6.45, 7) is 1.91. The molecule has 0 saturated heterocycles. The van der Waals surface area contributed by atoms with Crippen molar-refractivity contribution in [2.75, 3.05) is 5.32 Å². The molecule has 0 bridgehead atoms. The van der Waals surface area contributed by atoms with E-state index in [4.69, 9.17) is 11.6 Å². The van der Waals surface area contributed by atoms with Crippen LogP contribution in [0.4, 0.5) is 10.9 Å². The van der Waals surface area contributed by atoms with Crippen molar-refractivity contribution < 1.29 is 0 Å². The lowest BCUT2D eigenvalue weighted by Gasteiger charge is -2.04.